The Balaban J connectivity index is 1.91. The summed E-state index contributed by atoms with van der Waals surface area (Å²) in [4.78, 5) is 51.0. The number of aryl methyl sites for hydroxylation is 1. The van der Waals surface area contributed by atoms with E-state index < -0.39 is 36.0 Å². The molecule has 0 fully saturated rings. The van der Waals surface area contributed by atoms with Gasteiger partial charge in [0, 0.05) is 6.42 Å². The SMILES string of the molecule is CNC(C)C(=O)NC1CCc2cccc3c2N(C1=O)C(C(=O)NC(C)C(=O)O)C3. The van der Waals surface area contributed by atoms with E-state index in [1.54, 1.807) is 14.0 Å². The number of benzene rings is 1. The number of hydrogen-bond acceptors (Lipinski definition) is 5. The molecule has 156 valence electrons. The Hall–Kier alpha value is -2.94. The quantitative estimate of drug-likeness (QED) is 0.511. The van der Waals surface area contributed by atoms with E-state index in [4.69, 9.17) is 5.11 Å². The molecule has 0 spiro atoms. The van der Waals surface area contributed by atoms with Crippen molar-refractivity contribution in [1.82, 2.24) is 16.0 Å². The van der Waals surface area contributed by atoms with Gasteiger partial charge in [-0.15, -0.1) is 0 Å². The van der Waals surface area contributed by atoms with Crippen LogP contribution in [0, 0.1) is 0 Å². The zero-order valence-electron chi connectivity index (χ0n) is 16.7. The molecule has 0 bridgehead atoms. The van der Waals surface area contributed by atoms with E-state index in [2.05, 4.69) is 16.0 Å². The van der Waals surface area contributed by atoms with Gasteiger partial charge >= 0.3 is 5.97 Å². The molecular formula is C20H26N4O5. The van der Waals surface area contributed by atoms with Gasteiger partial charge in [-0.1, -0.05) is 18.2 Å². The molecule has 1 aromatic carbocycles. The maximum absolute atomic E-state index is 13.3. The predicted octanol–water partition coefficient (Wildman–Crippen LogP) is -0.427. The predicted molar refractivity (Wildman–Crippen MR) is 105 cm³/mol. The van der Waals surface area contributed by atoms with Crippen LogP contribution in [0.1, 0.15) is 31.4 Å². The normalized spacial score (nSPS) is 22.3. The number of aliphatic carboxylic acids is 1. The maximum Gasteiger partial charge on any atom is 0.325 e. The van der Waals surface area contributed by atoms with Gasteiger partial charge in [0.15, 0.2) is 0 Å². The largest absolute Gasteiger partial charge is 0.480 e. The summed E-state index contributed by atoms with van der Waals surface area (Å²) in [7, 11) is 1.66. The first kappa shape index (κ1) is 20.8. The van der Waals surface area contributed by atoms with Crippen molar-refractivity contribution in [1.29, 1.82) is 0 Å². The smallest absolute Gasteiger partial charge is 0.325 e. The molecule has 3 amide bonds. The van der Waals surface area contributed by atoms with Crippen LogP contribution in [0.3, 0.4) is 0 Å². The molecule has 0 aromatic heterocycles. The number of likely N-dealkylation sites (N-methyl/N-ethyl adjacent to an activating group) is 1. The van der Waals surface area contributed by atoms with E-state index in [-0.39, 0.29) is 11.8 Å². The summed E-state index contributed by atoms with van der Waals surface area (Å²) in [6.45, 7) is 3.07. The van der Waals surface area contributed by atoms with Crippen LogP contribution in [0.5, 0.6) is 0 Å². The molecule has 2 heterocycles. The number of anilines is 1. The zero-order valence-corrected chi connectivity index (χ0v) is 16.7. The minimum atomic E-state index is -1.15. The summed E-state index contributed by atoms with van der Waals surface area (Å²) in [6, 6.07) is 2.54. The number of rotatable bonds is 6. The molecule has 4 atom stereocenters. The fourth-order valence-electron chi connectivity index (χ4n) is 3.77. The number of carboxylic acids is 1. The summed E-state index contributed by atoms with van der Waals surface area (Å²) in [6.07, 6.45) is 1.32. The van der Waals surface area contributed by atoms with Crippen molar-refractivity contribution in [3.8, 4) is 0 Å². The van der Waals surface area contributed by atoms with E-state index in [0.29, 0.717) is 24.9 Å². The second kappa shape index (κ2) is 8.20. The van der Waals surface area contributed by atoms with E-state index in [9.17, 15) is 19.2 Å². The summed E-state index contributed by atoms with van der Waals surface area (Å²) >= 11 is 0. The molecule has 1 aromatic rings. The topological polar surface area (TPSA) is 128 Å². The summed E-state index contributed by atoms with van der Waals surface area (Å²) < 4.78 is 0. The van der Waals surface area contributed by atoms with E-state index in [1.165, 1.54) is 11.8 Å². The van der Waals surface area contributed by atoms with Crippen molar-refractivity contribution < 1.29 is 24.3 Å². The number of carbonyl (C=O) groups is 4. The van der Waals surface area contributed by atoms with Gasteiger partial charge in [-0.3, -0.25) is 24.1 Å². The third-order valence-electron chi connectivity index (χ3n) is 5.58. The van der Waals surface area contributed by atoms with Gasteiger partial charge in [0.05, 0.1) is 11.7 Å². The highest BCUT2D eigenvalue weighted by molar-refractivity contribution is 6.08. The number of nitrogens with zero attached hydrogens (tertiary/aromatic N) is 1. The van der Waals surface area contributed by atoms with Crippen LogP contribution in [0.2, 0.25) is 0 Å². The lowest BCUT2D eigenvalue weighted by atomic mass is 10.0. The first-order chi connectivity index (χ1) is 13.7. The Morgan fingerprint density at radius 3 is 2.52 bits per heavy atom. The highest BCUT2D eigenvalue weighted by Gasteiger charge is 2.44. The Bertz CT molecular complexity index is 855. The average Bonchev–Trinajstić information content (AvgIpc) is 3.03. The molecule has 29 heavy (non-hydrogen) atoms. The average molecular weight is 402 g/mol. The van der Waals surface area contributed by atoms with Gasteiger partial charge in [-0.2, -0.15) is 0 Å². The van der Waals surface area contributed by atoms with Gasteiger partial charge in [0.2, 0.25) is 17.7 Å². The standard InChI is InChI=1S/C20H26N4O5/c1-10(21-3)17(25)23-14-8-7-12-5-4-6-13-9-15(24(16(12)13)19(14)27)18(26)22-11(2)20(28)29/h4-6,10-11,14-15,21H,7-9H2,1-3H3,(H,22,26)(H,23,25)(H,28,29). The zero-order chi connectivity index (χ0) is 21.3. The van der Waals surface area contributed by atoms with Crippen molar-refractivity contribution >= 4 is 29.4 Å². The van der Waals surface area contributed by atoms with E-state index in [1.807, 2.05) is 18.2 Å². The first-order valence-electron chi connectivity index (χ1n) is 9.69. The number of amides is 3. The lowest BCUT2D eigenvalue weighted by molar-refractivity contribution is -0.141. The van der Waals surface area contributed by atoms with Gasteiger partial charge in [0.1, 0.15) is 18.1 Å². The van der Waals surface area contributed by atoms with Crippen LogP contribution in [0.15, 0.2) is 18.2 Å². The maximum atomic E-state index is 13.3. The number of para-hydroxylation sites is 1. The molecule has 0 aliphatic carbocycles. The Labute approximate surface area is 168 Å². The van der Waals surface area contributed by atoms with Crippen molar-refractivity contribution in [2.45, 2.75) is 57.3 Å². The highest BCUT2D eigenvalue weighted by atomic mass is 16.4. The molecule has 9 nitrogen and oxygen atoms in total. The molecule has 4 N–H and O–H groups in total. The van der Waals surface area contributed by atoms with E-state index >= 15 is 0 Å². The van der Waals surface area contributed by atoms with Crippen LogP contribution in [-0.4, -0.2) is 60.0 Å². The van der Waals surface area contributed by atoms with Crippen molar-refractivity contribution in [3.63, 3.8) is 0 Å². The molecule has 3 rings (SSSR count). The second-order valence-corrected chi connectivity index (χ2v) is 7.53. The lowest BCUT2D eigenvalue weighted by Crippen LogP contribution is -2.57. The van der Waals surface area contributed by atoms with Gasteiger partial charge in [0.25, 0.3) is 0 Å². The van der Waals surface area contributed by atoms with Crippen LogP contribution in [-0.2, 0) is 32.0 Å². The number of carbonyl (C=O) groups excluding carboxylic acids is 3. The van der Waals surface area contributed by atoms with Gasteiger partial charge in [-0.25, -0.2) is 0 Å². The first-order valence-corrected chi connectivity index (χ1v) is 9.69. The third-order valence-corrected chi connectivity index (χ3v) is 5.58. The number of nitrogens with one attached hydrogen (secondary N) is 3. The van der Waals surface area contributed by atoms with Crippen LogP contribution < -0.4 is 20.9 Å². The molecule has 4 unspecified atom stereocenters. The Kier molecular flexibility index (Phi) is 5.88. The van der Waals surface area contributed by atoms with Gasteiger partial charge in [-0.05, 0) is 44.9 Å². The molecule has 2 aliphatic heterocycles. The van der Waals surface area contributed by atoms with E-state index in [0.717, 1.165) is 11.1 Å². The summed E-state index contributed by atoms with van der Waals surface area (Å²) in [5.41, 5.74) is 2.52. The van der Waals surface area contributed by atoms with Gasteiger partial charge < -0.3 is 21.1 Å². The van der Waals surface area contributed by atoms with Crippen LogP contribution >= 0.6 is 0 Å². The third kappa shape index (κ3) is 3.95. The molecular weight excluding hydrogens is 376 g/mol. The van der Waals surface area contributed by atoms with Crippen molar-refractivity contribution in [2.24, 2.45) is 0 Å². The Morgan fingerprint density at radius 2 is 1.86 bits per heavy atom. The summed E-state index contributed by atoms with van der Waals surface area (Å²) in [5.74, 6) is -2.32. The number of hydrogen-bond donors (Lipinski definition) is 4. The Morgan fingerprint density at radius 1 is 1.17 bits per heavy atom. The number of carboxylic acid groups (broad SMARTS) is 1. The fourth-order valence-corrected chi connectivity index (χ4v) is 3.77. The molecule has 0 saturated heterocycles. The minimum Gasteiger partial charge on any atom is -0.480 e. The van der Waals surface area contributed by atoms with Crippen LogP contribution in [0.25, 0.3) is 0 Å². The highest BCUT2D eigenvalue weighted by Crippen LogP contribution is 2.39. The minimum absolute atomic E-state index is 0.295. The van der Waals surface area contributed by atoms with Crippen LogP contribution in [0.4, 0.5) is 5.69 Å². The van der Waals surface area contributed by atoms with Crippen molar-refractivity contribution in [3.05, 3.63) is 29.3 Å². The fraction of sp³-hybridized carbons (Fsp3) is 0.500. The monoisotopic (exact) mass is 402 g/mol. The second-order valence-electron chi connectivity index (χ2n) is 7.53. The molecule has 9 heteroatoms. The molecule has 2 aliphatic rings. The lowest BCUT2D eigenvalue weighted by Gasteiger charge is -2.28. The molecule has 0 saturated carbocycles. The molecule has 0 radical (unpaired) electrons. The summed E-state index contributed by atoms with van der Waals surface area (Å²) in [5, 5.41) is 17.2. The van der Waals surface area contributed by atoms with Crippen molar-refractivity contribution in [2.75, 3.05) is 11.9 Å².